The quantitative estimate of drug-likeness (QED) is 0.630. The third-order valence-electron chi connectivity index (χ3n) is 4.13. The van der Waals surface area contributed by atoms with E-state index in [9.17, 15) is 4.79 Å². The van der Waals surface area contributed by atoms with Crippen LogP contribution in [0.1, 0.15) is 19.8 Å². The zero-order valence-electron chi connectivity index (χ0n) is 12.8. The lowest BCUT2D eigenvalue weighted by Gasteiger charge is -2.34. The molecule has 1 amide bonds. The second-order valence-electron chi connectivity index (χ2n) is 5.66. The van der Waals surface area contributed by atoms with Crippen molar-refractivity contribution in [2.75, 3.05) is 46.4 Å². The number of carbonyl (C=O) groups excluding carboxylic acids is 1. The highest BCUT2D eigenvalue weighted by Gasteiger charge is 2.23. The van der Waals surface area contributed by atoms with Crippen LogP contribution in [0.15, 0.2) is 12.7 Å². The SMILES string of the molecule is C=CCNC(=O)[C@@H](C)N(C)CC1CCN(CCO)CC1. The Kier molecular flexibility index (Phi) is 7.80. The van der Waals surface area contributed by atoms with E-state index in [-0.39, 0.29) is 18.6 Å². The highest BCUT2D eigenvalue weighted by atomic mass is 16.3. The summed E-state index contributed by atoms with van der Waals surface area (Å²) in [6, 6.07) is -0.106. The normalized spacial score (nSPS) is 19.0. The summed E-state index contributed by atoms with van der Waals surface area (Å²) < 4.78 is 0. The molecule has 0 aromatic heterocycles. The van der Waals surface area contributed by atoms with Gasteiger partial charge in [-0.25, -0.2) is 0 Å². The number of aliphatic hydroxyl groups is 1. The first kappa shape index (κ1) is 17.1. The van der Waals surface area contributed by atoms with Gasteiger partial charge in [0.15, 0.2) is 0 Å². The van der Waals surface area contributed by atoms with Gasteiger partial charge >= 0.3 is 0 Å². The topological polar surface area (TPSA) is 55.8 Å². The summed E-state index contributed by atoms with van der Waals surface area (Å²) in [5.41, 5.74) is 0. The lowest BCUT2D eigenvalue weighted by Crippen LogP contribution is -2.46. The number of hydrogen-bond donors (Lipinski definition) is 2. The molecule has 1 rings (SSSR count). The van der Waals surface area contributed by atoms with Gasteiger partial charge < -0.3 is 15.3 Å². The van der Waals surface area contributed by atoms with E-state index in [1.165, 1.54) is 0 Å². The first-order valence-electron chi connectivity index (χ1n) is 7.50. The number of nitrogens with one attached hydrogen (secondary N) is 1. The monoisotopic (exact) mass is 283 g/mol. The minimum absolute atomic E-state index is 0.0603. The van der Waals surface area contributed by atoms with Crippen molar-refractivity contribution in [3.05, 3.63) is 12.7 Å². The molecule has 5 heteroatoms. The molecule has 0 spiro atoms. The Morgan fingerprint density at radius 2 is 2.20 bits per heavy atom. The molecule has 1 atom stereocenters. The average molecular weight is 283 g/mol. The van der Waals surface area contributed by atoms with E-state index in [1.54, 1.807) is 6.08 Å². The van der Waals surface area contributed by atoms with E-state index in [0.717, 1.165) is 39.0 Å². The number of carbonyl (C=O) groups is 1. The summed E-state index contributed by atoms with van der Waals surface area (Å²) in [5.74, 6) is 0.703. The molecule has 0 aromatic rings. The minimum atomic E-state index is -0.106. The van der Waals surface area contributed by atoms with Gasteiger partial charge in [-0.3, -0.25) is 9.69 Å². The molecular weight excluding hydrogens is 254 g/mol. The van der Waals surface area contributed by atoms with Crippen molar-refractivity contribution in [1.82, 2.24) is 15.1 Å². The van der Waals surface area contributed by atoms with Gasteiger partial charge in [-0.15, -0.1) is 6.58 Å². The van der Waals surface area contributed by atoms with E-state index >= 15 is 0 Å². The highest BCUT2D eigenvalue weighted by Crippen LogP contribution is 2.18. The molecule has 0 bridgehead atoms. The molecule has 5 nitrogen and oxygen atoms in total. The third kappa shape index (κ3) is 5.61. The molecule has 20 heavy (non-hydrogen) atoms. The zero-order chi connectivity index (χ0) is 15.0. The Balaban J connectivity index is 2.30. The maximum atomic E-state index is 11.9. The Hall–Kier alpha value is -0.910. The van der Waals surface area contributed by atoms with Crippen LogP contribution in [0.25, 0.3) is 0 Å². The first-order valence-corrected chi connectivity index (χ1v) is 7.50. The highest BCUT2D eigenvalue weighted by molar-refractivity contribution is 5.81. The minimum Gasteiger partial charge on any atom is -0.395 e. The maximum absolute atomic E-state index is 11.9. The molecule has 1 aliphatic rings. The second kappa shape index (κ2) is 9.10. The van der Waals surface area contributed by atoms with Crippen molar-refractivity contribution in [3.8, 4) is 0 Å². The summed E-state index contributed by atoms with van der Waals surface area (Å²) in [4.78, 5) is 16.3. The van der Waals surface area contributed by atoms with Crippen molar-refractivity contribution in [3.63, 3.8) is 0 Å². The van der Waals surface area contributed by atoms with Crippen LogP contribution in [0.5, 0.6) is 0 Å². The zero-order valence-corrected chi connectivity index (χ0v) is 12.8. The van der Waals surface area contributed by atoms with Crippen LogP contribution < -0.4 is 5.32 Å². The molecule has 1 heterocycles. The van der Waals surface area contributed by atoms with E-state index in [1.807, 2.05) is 14.0 Å². The van der Waals surface area contributed by atoms with Gasteiger partial charge in [0.25, 0.3) is 0 Å². The predicted octanol–water partition coefficient (Wildman–Crippen LogP) is 0.313. The van der Waals surface area contributed by atoms with Crippen molar-refractivity contribution in [2.45, 2.75) is 25.8 Å². The molecular formula is C15H29N3O2. The van der Waals surface area contributed by atoms with Crippen LogP contribution in [-0.4, -0.2) is 73.2 Å². The van der Waals surface area contributed by atoms with Gasteiger partial charge in [-0.05, 0) is 45.8 Å². The Morgan fingerprint density at radius 1 is 1.55 bits per heavy atom. The number of likely N-dealkylation sites (N-methyl/N-ethyl adjacent to an activating group) is 1. The van der Waals surface area contributed by atoms with E-state index in [2.05, 4.69) is 21.7 Å². The van der Waals surface area contributed by atoms with Gasteiger partial charge in [-0.1, -0.05) is 6.08 Å². The molecule has 1 fully saturated rings. The molecule has 116 valence electrons. The van der Waals surface area contributed by atoms with Crippen LogP contribution in [-0.2, 0) is 4.79 Å². The van der Waals surface area contributed by atoms with E-state index in [0.29, 0.717) is 12.5 Å². The van der Waals surface area contributed by atoms with Crippen LogP contribution in [0.2, 0.25) is 0 Å². The predicted molar refractivity (Wildman–Crippen MR) is 81.5 cm³/mol. The van der Waals surface area contributed by atoms with E-state index in [4.69, 9.17) is 5.11 Å². The lowest BCUT2D eigenvalue weighted by atomic mass is 9.96. The van der Waals surface area contributed by atoms with Crippen molar-refractivity contribution >= 4 is 5.91 Å². The fraction of sp³-hybridized carbons (Fsp3) is 0.800. The Morgan fingerprint density at radius 3 is 2.75 bits per heavy atom. The first-order chi connectivity index (χ1) is 9.58. The maximum Gasteiger partial charge on any atom is 0.237 e. The van der Waals surface area contributed by atoms with Gasteiger partial charge in [-0.2, -0.15) is 0 Å². The largest absolute Gasteiger partial charge is 0.395 e. The van der Waals surface area contributed by atoms with Crippen LogP contribution in [0, 0.1) is 5.92 Å². The summed E-state index contributed by atoms with van der Waals surface area (Å²) >= 11 is 0. The summed E-state index contributed by atoms with van der Waals surface area (Å²) in [5, 5.41) is 11.8. The number of rotatable bonds is 8. The fourth-order valence-electron chi connectivity index (χ4n) is 2.62. The molecule has 0 saturated carbocycles. The van der Waals surface area contributed by atoms with E-state index < -0.39 is 0 Å². The van der Waals surface area contributed by atoms with Crippen LogP contribution in [0.4, 0.5) is 0 Å². The number of amides is 1. The van der Waals surface area contributed by atoms with Crippen molar-refractivity contribution < 1.29 is 9.90 Å². The van der Waals surface area contributed by atoms with Crippen LogP contribution in [0.3, 0.4) is 0 Å². The number of aliphatic hydroxyl groups excluding tert-OH is 1. The number of likely N-dealkylation sites (tertiary alicyclic amines) is 1. The number of nitrogens with zero attached hydrogens (tertiary/aromatic N) is 2. The third-order valence-corrected chi connectivity index (χ3v) is 4.13. The van der Waals surface area contributed by atoms with Gasteiger partial charge in [0, 0.05) is 19.6 Å². The molecule has 0 aromatic carbocycles. The Bertz CT molecular complexity index is 301. The molecule has 1 aliphatic heterocycles. The van der Waals surface area contributed by atoms with Gasteiger partial charge in [0.1, 0.15) is 0 Å². The molecule has 0 unspecified atom stereocenters. The van der Waals surface area contributed by atoms with Crippen molar-refractivity contribution in [2.24, 2.45) is 5.92 Å². The number of β-amino-alcohol motifs (C(OH)–C–C–N with tert-alkyl or cyclic N) is 1. The summed E-state index contributed by atoms with van der Waals surface area (Å²) in [6.07, 6.45) is 3.98. The van der Waals surface area contributed by atoms with Gasteiger partial charge in [0.05, 0.1) is 12.6 Å². The standard InChI is InChI=1S/C15H29N3O2/c1-4-7-16-15(20)13(2)17(3)12-14-5-8-18(9-6-14)10-11-19/h4,13-14,19H,1,5-12H2,2-3H3,(H,16,20)/t13-/m1/s1. The lowest BCUT2D eigenvalue weighted by molar-refractivity contribution is -0.125. The molecule has 0 aliphatic carbocycles. The van der Waals surface area contributed by atoms with Gasteiger partial charge in [0.2, 0.25) is 5.91 Å². The fourth-order valence-corrected chi connectivity index (χ4v) is 2.62. The summed E-state index contributed by atoms with van der Waals surface area (Å²) in [6.45, 7) is 10.1. The molecule has 2 N–H and O–H groups in total. The smallest absolute Gasteiger partial charge is 0.237 e. The number of hydrogen-bond acceptors (Lipinski definition) is 4. The van der Waals surface area contributed by atoms with Crippen LogP contribution >= 0.6 is 0 Å². The second-order valence-corrected chi connectivity index (χ2v) is 5.66. The summed E-state index contributed by atoms with van der Waals surface area (Å²) in [7, 11) is 2.01. The number of piperidine rings is 1. The average Bonchev–Trinajstić information content (AvgIpc) is 2.46. The molecule has 0 radical (unpaired) electrons. The Labute approximate surface area is 122 Å². The van der Waals surface area contributed by atoms with Crippen molar-refractivity contribution in [1.29, 1.82) is 0 Å². The molecule has 1 saturated heterocycles.